The van der Waals surface area contributed by atoms with Crippen LogP contribution < -0.4 is 0 Å². The lowest BCUT2D eigenvalue weighted by atomic mass is 10.0. The topological polar surface area (TPSA) is 73.1 Å². The van der Waals surface area contributed by atoms with Crippen molar-refractivity contribution in [1.29, 1.82) is 0 Å². The molecule has 0 spiro atoms. The Morgan fingerprint density at radius 2 is 1.81 bits per heavy atom. The number of hydrogen-bond acceptors (Lipinski definition) is 5. The Morgan fingerprint density at radius 3 is 2.53 bits per heavy atom. The monoisotopic (exact) mass is 451 g/mol. The summed E-state index contributed by atoms with van der Waals surface area (Å²) in [5, 5.41) is 8.29. The fourth-order valence-corrected chi connectivity index (χ4v) is 4.09. The van der Waals surface area contributed by atoms with Gasteiger partial charge in [0.1, 0.15) is 11.9 Å². The maximum absolute atomic E-state index is 14.6. The van der Waals surface area contributed by atoms with E-state index in [1.54, 1.807) is 16.7 Å². The summed E-state index contributed by atoms with van der Waals surface area (Å²) in [6.45, 7) is 0.292. The maximum Gasteiger partial charge on any atom is 0.436 e. The smallest absolute Gasteiger partial charge is 0.377 e. The minimum absolute atomic E-state index is 0.0165. The van der Waals surface area contributed by atoms with E-state index in [4.69, 9.17) is 4.74 Å². The van der Waals surface area contributed by atoms with Crippen LogP contribution in [0.5, 0.6) is 0 Å². The second kappa shape index (κ2) is 7.33. The highest BCUT2D eigenvalue weighted by atomic mass is 19.4. The quantitative estimate of drug-likeness (QED) is 0.560. The molecule has 2 unspecified atom stereocenters. The van der Waals surface area contributed by atoms with Gasteiger partial charge in [0.15, 0.2) is 23.2 Å². The number of pyridine rings is 1. The Bertz CT molecular complexity index is 1190. The van der Waals surface area contributed by atoms with Crippen LogP contribution in [0, 0.1) is 11.6 Å². The number of benzene rings is 1. The number of ether oxygens (including phenoxy) is 1. The van der Waals surface area contributed by atoms with E-state index in [1.807, 2.05) is 0 Å². The lowest BCUT2D eigenvalue weighted by molar-refractivity contribution is -0.143. The van der Waals surface area contributed by atoms with Crippen LogP contribution in [-0.4, -0.2) is 49.8 Å². The molecular formula is C20H14F5N5O2. The molecule has 0 radical (unpaired) electrons. The first-order valence-corrected chi connectivity index (χ1v) is 9.57. The average molecular weight is 451 g/mol. The van der Waals surface area contributed by atoms with Gasteiger partial charge < -0.3 is 14.2 Å². The van der Waals surface area contributed by atoms with Crippen LogP contribution in [0.25, 0.3) is 11.4 Å². The molecule has 12 heteroatoms. The summed E-state index contributed by atoms with van der Waals surface area (Å²) in [6, 6.07) is 5.20. The Kier molecular flexibility index (Phi) is 4.69. The number of hydrogen-bond donors (Lipinski definition) is 0. The van der Waals surface area contributed by atoms with Crippen molar-refractivity contribution >= 4 is 5.91 Å². The van der Waals surface area contributed by atoms with Gasteiger partial charge >= 0.3 is 6.18 Å². The van der Waals surface area contributed by atoms with Crippen molar-refractivity contribution in [2.75, 3.05) is 13.2 Å². The molecule has 4 heterocycles. The van der Waals surface area contributed by atoms with Gasteiger partial charge in [-0.15, -0.1) is 10.2 Å². The average Bonchev–Trinajstić information content (AvgIpc) is 3.16. The van der Waals surface area contributed by atoms with Gasteiger partial charge in [-0.3, -0.25) is 4.79 Å². The van der Waals surface area contributed by atoms with E-state index in [-0.39, 0.29) is 19.8 Å². The third kappa shape index (κ3) is 3.22. The highest BCUT2D eigenvalue weighted by Crippen LogP contribution is 2.37. The lowest BCUT2D eigenvalue weighted by Crippen LogP contribution is -2.56. The van der Waals surface area contributed by atoms with Gasteiger partial charge in [0, 0.05) is 18.3 Å². The molecule has 3 aromatic rings. The molecule has 0 N–H and O–H groups in total. The molecule has 32 heavy (non-hydrogen) atoms. The first-order valence-electron chi connectivity index (χ1n) is 9.57. The first kappa shape index (κ1) is 20.5. The number of amides is 1. The molecule has 2 aliphatic rings. The summed E-state index contributed by atoms with van der Waals surface area (Å²) in [7, 11) is 0. The van der Waals surface area contributed by atoms with E-state index in [9.17, 15) is 26.7 Å². The lowest BCUT2D eigenvalue weighted by Gasteiger charge is -2.45. The van der Waals surface area contributed by atoms with Crippen LogP contribution in [0.2, 0.25) is 0 Å². The number of carbonyl (C=O) groups is 1. The molecule has 0 aliphatic carbocycles. The molecule has 2 atom stereocenters. The fourth-order valence-electron chi connectivity index (χ4n) is 4.09. The van der Waals surface area contributed by atoms with E-state index in [1.165, 1.54) is 17.0 Å². The van der Waals surface area contributed by atoms with Crippen molar-refractivity contribution in [2.24, 2.45) is 0 Å². The zero-order valence-corrected chi connectivity index (χ0v) is 16.2. The summed E-state index contributed by atoms with van der Waals surface area (Å²) in [6.07, 6.45) is -4.28. The molecule has 2 aromatic heterocycles. The van der Waals surface area contributed by atoms with Crippen LogP contribution in [0.3, 0.4) is 0 Å². The molecule has 7 nitrogen and oxygen atoms in total. The number of fused-ring (bicyclic) bond motifs is 4. The van der Waals surface area contributed by atoms with Crippen LogP contribution in [-0.2, 0) is 17.5 Å². The highest BCUT2D eigenvalue weighted by Gasteiger charge is 2.45. The van der Waals surface area contributed by atoms with Crippen LogP contribution >= 0.6 is 0 Å². The molecule has 0 saturated carbocycles. The predicted octanol–water partition coefficient (Wildman–Crippen LogP) is 3.23. The van der Waals surface area contributed by atoms with E-state index in [2.05, 4.69) is 15.2 Å². The Morgan fingerprint density at radius 1 is 1.06 bits per heavy atom. The zero-order chi connectivity index (χ0) is 22.6. The molecular weight excluding hydrogens is 437 g/mol. The molecule has 166 valence electrons. The normalized spacial score (nSPS) is 20.2. The van der Waals surface area contributed by atoms with Gasteiger partial charge in [-0.2, -0.15) is 13.2 Å². The van der Waals surface area contributed by atoms with E-state index in [0.29, 0.717) is 17.2 Å². The molecule has 2 aliphatic heterocycles. The van der Waals surface area contributed by atoms with E-state index >= 15 is 0 Å². The van der Waals surface area contributed by atoms with Gasteiger partial charge in [0.2, 0.25) is 0 Å². The zero-order valence-electron chi connectivity index (χ0n) is 16.2. The van der Waals surface area contributed by atoms with Crippen LogP contribution in [0.4, 0.5) is 22.0 Å². The maximum atomic E-state index is 14.6. The SMILES string of the molecule is O=C(c1ccnc(C(F)(F)F)c1F)N1C2COCC1c1nnc(-c3ccc(F)cc3)n1C2. The molecule has 5 rings (SSSR count). The largest absolute Gasteiger partial charge is 0.436 e. The number of alkyl halides is 3. The number of rotatable bonds is 2. The second-order valence-electron chi connectivity index (χ2n) is 7.44. The summed E-state index contributed by atoms with van der Waals surface area (Å²) >= 11 is 0. The standard InChI is InChI=1S/C20H14F5N5O2/c21-11-3-1-10(2-4-11)17-27-28-18-14-9-32-8-12(7-29(17)18)30(14)19(31)13-5-6-26-16(15(13)22)20(23,24)25/h1-6,12,14H,7-9H2. The van der Waals surface area contributed by atoms with E-state index < -0.39 is 47.1 Å². The number of carbonyl (C=O) groups excluding carboxylic acids is 1. The molecule has 1 fully saturated rings. The van der Waals surface area contributed by atoms with Crippen molar-refractivity contribution in [1.82, 2.24) is 24.6 Å². The molecule has 2 bridgehead atoms. The number of nitrogens with zero attached hydrogens (tertiary/aromatic N) is 5. The number of morpholine rings is 1. The predicted molar refractivity (Wildman–Crippen MR) is 98.1 cm³/mol. The molecule has 1 saturated heterocycles. The van der Waals surface area contributed by atoms with Gasteiger partial charge in [-0.25, -0.2) is 13.8 Å². The third-order valence-corrected chi connectivity index (χ3v) is 5.51. The molecule has 1 amide bonds. The van der Waals surface area contributed by atoms with Gasteiger partial charge in [0.25, 0.3) is 5.91 Å². The van der Waals surface area contributed by atoms with Gasteiger partial charge in [-0.1, -0.05) is 0 Å². The van der Waals surface area contributed by atoms with Crippen molar-refractivity contribution in [3.63, 3.8) is 0 Å². The number of halogens is 5. The van der Waals surface area contributed by atoms with Gasteiger partial charge in [0.05, 0.1) is 24.8 Å². The third-order valence-electron chi connectivity index (χ3n) is 5.51. The summed E-state index contributed by atoms with van der Waals surface area (Å²) < 4.78 is 74.3. The minimum atomic E-state index is -5.04. The number of aromatic nitrogens is 4. The molecule has 1 aromatic carbocycles. The Hall–Kier alpha value is -3.41. The van der Waals surface area contributed by atoms with Crippen LogP contribution in [0.15, 0.2) is 36.5 Å². The summed E-state index contributed by atoms with van der Waals surface area (Å²) in [5.41, 5.74) is -1.86. The highest BCUT2D eigenvalue weighted by molar-refractivity contribution is 5.95. The fraction of sp³-hybridized carbons (Fsp3) is 0.300. The Labute approximate surface area is 177 Å². The van der Waals surface area contributed by atoms with E-state index in [0.717, 1.165) is 12.3 Å². The Balaban J connectivity index is 1.54. The minimum Gasteiger partial charge on any atom is -0.377 e. The van der Waals surface area contributed by atoms with Gasteiger partial charge in [-0.05, 0) is 30.3 Å². The van der Waals surface area contributed by atoms with Crippen molar-refractivity contribution < 1.29 is 31.5 Å². The van der Waals surface area contributed by atoms with Crippen LogP contribution in [0.1, 0.15) is 27.9 Å². The second-order valence-corrected chi connectivity index (χ2v) is 7.44. The summed E-state index contributed by atoms with van der Waals surface area (Å²) in [5.74, 6) is -2.24. The first-order chi connectivity index (χ1) is 15.3. The van der Waals surface area contributed by atoms with Crippen molar-refractivity contribution in [3.05, 3.63) is 65.2 Å². The van der Waals surface area contributed by atoms with Crippen molar-refractivity contribution in [2.45, 2.75) is 24.8 Å². The van der Waals surface area contributed by atoms with Crippen molar-refractivity contribution in [3.8, 4) is 11.4 Å². The summed E-state index contributed by atoms with van der Waals surface area (Å²) in [4.78, 5) is 17.5.